The predicted molar refractivity (Wildman–Crippen MR) is 67.7 cm³/mol. The molecule has 92 valence electrons. The first-order valence-corrected chi connectivity index (χ1v) is 6.57. The lowest BCUT2D eigenvalue weighted by Crippen LogP contribution is -2.39. The molecule has 1 aromatic rings. The van der Waals surface area contributed by atoms with Gasteiger partial charge in [-0.15, -0.1) is 0 Å². The van der Waals surface area contributed by atoms with E-state index in [0.29, 0.717) is 6.04 Å². The van der Waals surface area contributed by atoms with E-state index < -0.39 is 0 Å². The first-order chi connectivity index (χ1) is 8.33. The Morgan fingerprint density at radius 1 is 1.18 bits per heavy atom. The van der Waals surface area contributed by atoms with Crippen LogP contribution in [0.5, 0.6) is 0 Å². The van der Waals surface area contributed by atoms with Crippen molar-refractivity contribution in [2.45, 2.75) is 25.3 Å². The van der Waals surface area contributed by atoms with E-state index in [2.05, 4.69) is 10.2 Å². The van der Waals surface area contributed by atoms with Gasteiger partial charge in [-0.05, 0) is 56.0 Å². The second kappa shape index (κ2) is 4.65. The molecule has 17 heavy (non-hydrogen) atoms. The number of halogens is 1. The van der Waals surface area contributed by atoms with Gasteiger partial charge in [-0.1, -0.05) is 0 Å². The Hall–Kier alpha value is -1.09. The minimum Gasteiger partial charge on any atom is -0.370 e. The van der Waals surface area contributed by atoms with Gasteiger partial charge < -0.3 is 10.2 Å². The third kappa shape index (κ3) is 2.60. The Morgan fingerprint density at radius 2 is 1.94 bits per heavy atom. The number of hydrogen-bond donors (Lipinski definition) is 1. The van der Waals surface area contributed by atoms with E-state index >= 15 is 0 Å². The summed E-state index contributed by atoms with van der Waals surface area (Å²) in [5.41, 5.74) is 1.15. The number of hydrogen-bond acceptors (Lipinski definition) is 2. The monoisotopic (exact) mass is 234 g/mol. The molecule has 1 saturated heterocycles. The van der Waals surface area contributed by atoms with Crippen molar-refractivity contribution < 1.29 is 4.39 Å². The molecule has 0 bridgehead atoms. The Kier molecular flexibility index (Phi) is 3.02. The predicted octanol–water partition coefficient (Wildman–Crippen LogP) is 2.40. The average molecular weight is 234 g/mol. The summed E-state index contributed by atoms with van der Waals surface area (Å²) in [6.07, 6.45) is 3.91. The van der Waals surface area contributed by atoms with Crippen molar-refractivity contribution in [1.29, 1.82) is 0 Å². The SMILES string of the molecule is Fc1ccc(N2CCCNC(C3CC3)C2)cc1. The Balaban J connectivity index is 1.73. The lowest BCUT2D eigenvalue weighted by Gasteiger charge is -2.26. The summed E-state index contributed by atoms with van der Waals surface area (Å²) < 4.78 is 12.9. The first-order valence-electron chi connectivity index (χ1n) is 6.57. The van der Waals surface area contributed by atoms with Gasteiger partial charge in [0.05, 0.1) is 0 Å². The zero-order chi connectivity index (χ0) is 11.7. The van der Waals surface area contributed by atoms with E-state index in [1.165, 1.54) is 19.3 Å². The highest BCUT2D eigenvalue weighted by Crippen LogP contribution is 2.34. The second-order valence-electron chi connectivity index (χ2n) is 5.17. The summed E-state index contributed by atoms with van der Waals surface area (Å²) in [5.74, 6) is 0.719. The zero-order valence-corrected chi connectivity index (χ0v) is 10.0. The average Bonchev–Trinajstić information content (AvgIpc) is 3.16. The van der Waals surface area contributed by atoms with Gasteiger partial charge in [0.15, 0.2) is 0 Å². The molecule has 2 nitrogen and oxygen atoms in total. The van der Waals surface area contributed by atoms with Crippen molar-refractivity contribution >= 4 is 5.69 Å². The molecule has 1 aliphatic heterocycles. The Bertz CT molecular complexity index is 372. The van der Waals surface area contributed by atoms with Gasteiger partial charge in [0.1, 0.15) is 5.82 Å². The van der Waals surface area contributed by atoms with Crippen LogP contribution in [0.3, 0.4) is 0 Å². The van der Waals surface area contributed by atoms with Crippen LogP contribution in [0.15, 0.2) is 24.3 Å². The van der Waals surface area contributed by atoms with Crippen molar-refractivity contribution in [1.82, 2.24) is 5.32 Å². The van der Waals surface area contributed by atoms with E-state index in [-0.39, 0.29) is 5.82 Å². The van der Waals surface area contributed by atoms with E-state index in [4.69, 9.17) is 0 Å². The number of anilines is 1. The van der Waals surface area contributed by atoms with Crippen LogP contribution in [-0.4, -0.2) is 25.7 Å². The largest absolute Gasteiger partial charge is 0.370 e. The molecule has 2 fully saturated rings. The van der Waals surface area contributed by atoms with E-state index in [9.17, 15) is 4.39 Å². The molecule has 3 heteroatoms. The standard InChI is InChI=1S/C14H19FN2/c15-12-4-6-13(7-5-12)17-9-1-8-16-14(10-17)11-2-3-11/h4-7,11,14,16H,1-3,8-10H2. The van der Waals surface area contributed by atoms with Gasteiger partial charge in [0.2, 0.25) is 0 Å². The lowest BCUT2D eigenvalue weighted by molar-refractivity contribution is 0.490. The normalized spacial score (nSPS) is 25.7. The van der Waals surface area contributed by atoms with Gasteiger partial charge in [0, 0.05) is 24.8 Å². The number of benzene rings is 1. The van der Waals surface area contributed by atoms with Crippen LogP contribution in [-0.2, 0) is 0 Å². The van der Waals surface area contributed by atoms with E-state index in [1.54, 1.807) is 12.1 Å². The molecule has 1 saturated carbocycles. The van der Waals surface area contributed by atoms with Gasteiger partial charge in [-0.3, -0.25) is 0 Å². The molecule has 0 radical (unpaired) electrons. The molecule has 1 N–H and O–H groups in total. The van der Waals surface area contributed by atoms with Crippen LogP contribution < -0.4 is 10.2 Å². The summed E-state index contributed by atoms with van der Waals surface area (Å²) in [4.78, 5) is 2.39. The summed E-state index contributed by atoms with van der Waals surface area (Å²) >= 11 is 0. The molecule has 0 aromatic heterocycles. The molecule has 1 aromatic carbocycles. The van der Waals surface area contributed by atoms with Crippen LogP contribution in [0.2, 0.25) is 0 Å². The minimum atomic E-state index is -0.152. The summed E-state index contributed by atoms with van der Waals surface area (Å²) in [7, 11) is 0. The smallest absolute Gasteiger partial charge is 0.123 e. The van der Waals surface area contributed by atoms with Crippen LogP contribution in [0.1, 0.15) is 19.3 Å². The van der Waals surface area contributed by atoms with Crippen LogP contribution in [0, 0.1) is 11.7 Å². The highest BCUT2D eigenvalue weighted by atomic mass is 19.1. The number of nitrogens with zero attached hydrogens (tertiary/aromatic N) is 1. The first kappa shape index (κ1) is 11.0. The fourth-order valence-electron chi connectivity index (χ4n) is 2.65. The molecule has 1 heterocycles. The maximum atomic E-state index is 12.9. The van der Waals surface area contributed by atoms with Gasteiger partial charge >= 0.3 is 0 Å². The van der Waals surface area contributed by atoms with Crippen molar-refractivity contribution in [3.63, 3.8) is 0 Å². The summed E-state index contributed by atoms with van der Waals surface area (Å²) in [6, 6.07) is 7.52. The van der Waals surface area contributed by atoms with Crippen molar-refractivity contribution in [2.75, 3.05) is 24.5 Å². The summed E-state index contributed by atoms with van der Waals surface area (Å²) in [5, 5.41) is 3.64. The van der Waals surface area contributed by atoms with Gasteiger partial charge in [-0.25, -0.2) is 4.39 Å². The fraction of sp³-hybridized carbons (Fsp3) is 0.571. The third-order valence-corrected chi connectivity index (χ3v) is 3.81. The molecule has 0 amide bonds. The molecule has 2 aliphatic rings. The molecule has 1 aliphatic carbocycles. The number of rotatable bonds is 2. The summed E-state index contributed by atoms with van der Waals surface area (Å²) in [6.45, 7) is 3.25. The number of nitrogens with one attached hydrogen (secondary N) is 1. The highest BCUT2D eigenvalue weighted by Gasteiger charge is 2.33. The quantitative estimate of drug-likeness (QED) is 0.845. The fourth-order valence-corrected chi connectivity index (χ4v) is 2.65. The Morgan fingerprint density at radius 3 is 2.65 bits per heavy atom. The molecule has 1 atom stereocenters. The van der Waals surface area contributed by atoms with Crippen LogP contribution in [0.4, 0.5) is 10.1 Å². The zero-order valence-electron chi connectivity index (χ0n) is 10.0. The molecule has 0 spiro atoms. The highest BCUT2D eigenvalue weighted by molar-refractivity contribution is 5.46. The second-order valence-corrected chi connectivity index (χ2v) is 5.17. The van der Waals surface area contributed by atoms with E-state index in [1.807, 2.05) is 12.1 Å². The molecular formula is C14H19FN2. The molecule has 3 rings (SSSR count). The minimum absolute atomic E-state index is 0.152. The van der Waals surface area contributed by atoms with E-state index in [0.717, 1.165) is 31.2 Å². The molecule has 1 unspecified atom stereocenters. The maximum absolute atomic E-state index is 12.9. The van der Waals surface area contributed by atoms with Crippen LogP contribution >= 0.6 is 0 Å². The van der Waals surface area contributed by atoms with Crippen molar-refractivity contribution in [3.05, 3.63) is 30.1 Å². The van der Waals surface area contributed by atoms with Gasteiger partial charge in [0.25, 0.3) is 0 Å². The third-order valence-electron chi connectivity index (χ3n) is 3.81. The molecular weight excluding hydrogens is 215 g/mol. The topological polar surface area (TPSA) is 15.3 Å². The van der Waals surface area contributed by atoms with Crippen molar-refractivity contribution in [2.24, 2.45) is 5.92 Å². The maximum Gasteiger partial charge on any atom is 0.123 e. The van der Waals surface area contributed by atoms with Gasteiger partial charge in [-0.2, -0.15) is 0 Å². The lowest BCUT2D eigenvalue weighted by atomic mass is 10.1. The van der Waals surface area contributed by atoms with Crippen LogP contribution in [0.25, 0.3) is 0 Å². The van der Waals surface area contributed by atoms with Crippen molar-refractivity contribution in [3.8, 4) is 0 Å². The Labute approximate surface area is 102 Å².